The molecule has 0 saturated heterocycles. The van der Waals surface area contributed by atoms with Crippen molar-refractivity contribution in [3.8, 4) is 28.1 Å². The van der Waals surface area contributed by atoms with Crippen LogP contribution in [0.1, 0.15) is 35.6 Å². The molecule has 3 aromatic rings. The third-order valence-corrected chi connectivity index (χ3v) is 5.31. The van der Waals surface area contributed by atoms with Gasteiger partial charge in [-0.1, -0.05) is 17.3 Å². The van der Waals surface area contributed by atoms with Crippen LogP contribution in [0.3, 0.4) is 0 Å². The van der Waals surface area contributed by atoms with Crippen molar-refractivity contribution >= 4 is 6.09 Å². The maximum Gasteiger partial charge on any atom is 0.416 e. The van der Waals surface area contributed by atoms with Crippen molar-refractivity contribution in [2.75, 3.05) is 7.11 Å². The number of aryl methyl sites for hydroxylation is 2. The molecule has 0 amide bonds. The van der Waals surface area contributed by atoms with Crippen molar-refractivity contribution in [2.45, 2.75) is 39.5 Å². The first-order valence-electron chi connectivity index (χ1n) is 9.10. The van der Waals surface area contributed by atoms with E-state index < -0.39 is 6.09 Å². The topological polar surface area (TPSA) is 77.5 Å². The zero-order chi connectivity index (χ0) is 19.1. The molecule has 0 spiro atoms. The molecule has 0 saturated carbocycles. The molecular formula is C21H22N2O4. The Hall–Kier alpha value is -3.02. The summed E-state index contributed by atoms with van der Waals surface area (Å²) in [6.45, 7) is 3.67. The summed E-state index contributed by atoms with van der Waals surface area (Å²) >= 11 is 0. The van der Waals surface area contributed by atoms with E-state index in [0.717, 1.165) is 59.4 Å². The molecule has 2 aromatic heterocycles. The van der Waals surface area contributed by atoms with Gasteiger partial charge in [-0.15, -0.1) is 0 Å². The molecule has 0 radical (unpaired) electrons. The minimum absolute atomic E-state index is 0.625. The summed E-state index contributed by atoms with van der Waals surface area (Å²) in [6.07, 6.45) is 2.71. The fourth-order valence-corrected chi connectivity index (χ4v) is 4.13. The third-order valence-electron chi connectivity index (χ3n) is 5.31. The van der Waals surface area contributed by atoms with Gasteiger partial charge in [0.1, 0.15) is 11.5 Å². The number of carboxylic acid groups (broad SMARTS) is 1. The van der Waals surface area contributed by atoms with E-state index in [9.17, 15) is 9.90 Å². The van der Waals surface area contributed by atoms with Gasteiger partial charge >= 0.3 is 6.09 Å². The van der Waals surface area contributed by atoms with E-state index >= 15 is 0 Å². The smallest absolute Gasteiger partial charge is 0.416 e. The van der Waals surface area contributed by atoms with E-state index in [1.807, 2.05) is 38.1 Å². The SMILES string of the molecule is COc1ccc(-c2c3c(n(C(=O)O)c2-c2c(C)noc2C)CCCC3)cc1. The van der Waals surface area contributed by atoms with Crippen molar-refractivity contribution < 1.29 is 19.2 Å². The number of rotatable bonds is 3. The number of carbonyl (C=O) groups is 1. The summed E-state index contributed by atoms with van der Waals surface area (Å²) in [4.78, 5) is 12.2. The molecule has 27 heavy (non-hydrogen) atoms. The van der Waals surface area contributed by atoms with Crippen molar-refractivity contribution in [1.82, 2.24) is 9.72 Å². The third kappa shape index (κ3) is 2.72. The number of ether oxygens (including phenoxy) is 1. The average molecular weight is 366 g/mol. The molecular weight excluding hydrogens is 344 g/mol. The van der Waals surface area contributed by atoms with Gasteiger partial charge in [0.15, 0.2) is 0 Å². The molecule has 6 nitrogen and oxygen atoms in total. The van der Waals surface area contributed by atoms with Crippen LogP contribution in [-0.2, 0) is 12.8 Å². The predicted octanol–water partition coefficient (Wildman–Crippen LogP) is 4.84. The van der Waals surface area contributed by atoms with Crippen LogP contribution >= 0.6 is 0 Å². The van der Waals surface area contributed by atoms with Gasteiger partial charge in [0.05, 0.1) is 24.1 Å². The number of nitrogens with zero attached hydrogens (tertiary/aromatic N) is 2. The molecule has 140 valence electrons. The summed E-state index contributed by atoms with van der Waals surface area (Å²) < 4.78 is 12.1. The summed E-state index contributed by atoms with van der Waals surface area (Å²) in [5, 5.41) is 14.1. The van der Waals surface area contributed by atoms with Crippen molar-refractivity contribution in [2.24, 2.45) is 0 Å². The van der Waals surface area contributed by atoms with E-state index in [4.69, 9.17) is 9.26 Å². The van der Waals surface area contributed by atoms with E-state index in [2.05, 4.69) is 5.16 Å². The van der Waals surface area contributed by atoms with Gasteiger partial charge in [0.2, 0.25) is 0 Å². The van der Waals surface area contributed by atoms with Gasteiger partial charge in [-0.3, -0.25) is 0 Å². The molecule has 2 heterocycles. The zero-order valence-electron chi connectivity index (χ0n) is 15.7. The first-order chi connectivity index (χ1) is 13.0. The lowest BCUT2D eigenvalue weighted by Crippen LogP contribution is -2.15. The minimum Gasteiger partial charge on any atom is -0.497 e. The number of aromatic nitrogens is 2. The molecule has 4 rings (SSSR count). The zero-order valence-corrected chi connectivity index (χ0v) is 15.7. The van der Waals surface area contributed by atoms with E-state index in [0.29, 0.717) is 17.1 Å². The molecule has 1 N–H and O–H groups in total. The number of methoxy groups -OCH3 is 1. The summed E-state index contributed by atoms with van der Waals surface area (Å²) in [5.41, 5.74) is 6.06. The first-order valence-corrected chi connectivity index (χ1v) is 9.10. The van der Waals surface area contributed by atoms with E-state index in [-0.39, 0.29) is 0 Å². The highest BCUT2D eigenvalue weighted by atomic mass is 16.5. The van der Waals surface area contributed by atoms with Crippen LogP contribution in [0.25, 0.3) is 22.4 Å². The van der Waals surface area contributed by atoms with Gasteiger partial charge in [-0.05, 0) is 62.8 Å². The molecule has 0 unspecified atom stereocenters. The second-order valence-electron chi connectivity index (χ2n) is 6.90. The number of benzene rings is 1. The Morgan fingerprint density at radius 3 is 2.44 bits per heavy atom. The lowest BCUT2D eigenvalue weighted by molar-refractivity contribution is 0.196. The molecule has 1 aromatic carbocycles. The van der Waals surface area contributed by atoms with Gasteiger partial charge in [-0.2, -0.15) is 0 Å². The van der Waals surface area contributed by atoms with Crippen LogP contribution in [0.2, 0.25) is 0 Å². The Labute approximate surface area is 157 Å². The van der Waals surface area contributed by atoms with Crippen molar-refractivity contribution in [3.63, 3.8) is 0 Å². The summed E-state index contributed by atoms with van der Waals surface area (Å²) in [5.74, 6) is 1.39. The molecule has 0 atom stereocenters. The predicted molar refractivity (Wildman–Crippen MR) is 101 cm³/mol. The molecule has 0 aliphatic heterocycles. The standard InChI is InChI=1S/C21H22N2O4/c1-12-18(13(2)27-22-12)20-19(14-8-10-15(26-3)11-9-14)16-6-4-5-7-17(16)23(20)21(24)25/h8-11H,4-7H2,1-3H3,(H,24,25). The van der Waals surface area contributed by atoms with Gasteiger partial charge < -0.3 is 14.4 Å². The second kappa shape index (κ2) is 6.61. The number of fused-ring (bicyclic) bond motifs is 1. The molecule has 0 fully saturated rings. The quantitative estimate of drug-likeness (QED) is 0.717. The maximum atomic E-state index is 12.2. The van der Waals surface area contributed by atoms with E-state index in [1.165, 1.54) is 4.57 Å². The van der Waals surface area contributed by atoms with Crippen LogP contribution in [0.5, 0.6) is 5.75 Å². The fraction of sp³-hybridized carbons (Fsp3) is 0.333. The minimum atomic E-state index is -0.970. The largest absolute Gasteiger partial charge is 0.497 e. The molecule has 6 heteroatoms. The van der Waals surface area contributed by atoms with Crippen LogP contribution < -0.4 is 4.74 Å². The summed E-state index contributed by atoms with van der Waals surface area (Å²) in [6, 6.07) is 7.77. The van der Waals surface area contributed by atoms with Crippen LogP contribution in [-0.4, -0.2) is 28.0 Å². The normalized spacial score (nSPS) is 13.4. The lowest BCUT2D eigenvalue weighted by Gasteiger charge is -2.14. The van der Waals surface area contributed by atoms with Gasteiger partial charge in [-0.25, -0.2) is 9.36 Å². The van der Waals surface area contributed by atoms with Gasteiger partial charge in [0.25, 0.3) is 0 Å². The second-order valence-corrected chi connectivity index (χ2v) is 6.90. The highest BCUT2D eigenvalue weighted by Gasteiger charge is 2.31. The summed E-state index contributed by atoms with van der Waals surface area (Å²) in [7, 11) is 1.63. The highest BCUT2D eigenvalue weighted by Crippen LogP contribution is 2.44. The Kier molecular flexibility index (Phi) is 4.26. The molecule has 1 aliphatic rings. The fourth-order valence-electron chi connectivity index (χ4n) is 4.13. The van der Waals surface area contributed by atoms with Crippen LogP contribution in [0, 0.1) is 13.8 Å². The van der Waals surface area contributed by atoms with Crippen molar-refractivity contribution in [3.05, 3.63) is 47.0 Å². The molecule has 1 aliphatic carbocycles. The Morgan fingerprint density at radius 1 is 1.15 bits per heavy atom. The molecule has 0 bridgehead atoms. The van der Waals surface area contributed by atoms with Crippen LogP contribution in [0.15, 0.2) is 28.8 Å². The average Bonchev–Trinajstić information content (AvgIpc) is 3.18. The Morgan fingerprint density at radius 2 is 1.85 bits per heavy atom. The van der Waals surface area contributed by atoms with Gasteiger partial charge in [0, 0.05) is 11.3 Å². The van der Waals surface area contributed by atoms with E-state index in [1.54, 1.807) is 7.11 Å². The Balaban J connectivity index is 2.08. The highest BCUT2D eigenvalue weighted by molar-refractivity contribution is 5.93. The number of hydrogen-bond acceptors (Lipinski definition) is 4. The lowest BCUT2D eigenvalue weighted by atomic mass is 9.90. The maximum absolute atomic E-state index is 12.2. The number of hydrogen-bond donors (Lipinski definition) is 1. The monoisotopic (exact) mass is 366 g/mol. The van der Waals surface area contributed by atoms with Crippen molar-refractivity contribution in [1.29, 1.82) is 0 Å². The Bertz CT molecular complexity index is 992. The van der Waals surface area contributed by atoms with Crippen LogP contribution in [0.4, 0.5) is 4.79 Å². The first kappa shape index (κ1) is 17.4.